The van der Waals surface area contributed by atoms with Crippen molar-refractivity contribution in [2.24, 2.45) is 5.41 Å². The predicted octanol–water partition coefficient (Wildman–Crippen LogP) is 5.89. The average molecular weight is 449 g/mol. The third kappa shape index (κ3) is 9.05. The molecule has 0 radical (unpaired) electrons. The molecule has 0 fully saturated rings. The first-order chi connectivity index (χ1) is 15.7. The number of carbonyl (C=O) groups excluding carboxylic acids is 2. The van der Waals surface area contributed by atoms with Crippen molar-refractivity contribution in [3.63, 3.8) is 0 Å². The summed E-state index contributed by atoms with van der Waals surface area (Å²) in [4.78, 5) is 27.7. The fraction of sp³-hybridized carbons (Fsp3) is 0.393. The normalized spacial score (nSPS) is 17.0. The molecule has 1 aromatic heterocycles. The van der Waals surface area contributed by atoms with E-state index in [1.165, 1.54) is 42.7 Å². The lowest BCUT2D eigenvalue weighted by Gasteiger charge is -2.32. The van der Waals surface area contributed by atoms with Gasteiger partial charge >= 0.3 is 5.97 Å². The summed E-state index contributed by atoms with van der Waals surface area (Å²) >= 11 is 0. The summed E-state index contributed by atoms with van der Waals surface area (Å²) in [6.45, 7) is 11.1. The van der Waals surface area contributed by atoms with E-state index in [-0.39, 0.29) is 24.5 Å². The van der Waals surface area contributed by atoms with Gasteiger partial charge in [0.2, 0.25) is 0 Å². The molecular formula is C28H36N2O3. The highest BCUT2D eigenvalue weighted by atomic mass is 16.5. The number of esters is 1. The van der Waals surface area contributed by atoms with Crippen LogP contribution < -0.4 is 5.32 Å². The molecule has 1 aromatic rings. The maximum Gasteiger partial charge on any atom is 0.331 e. The van der Waals surface area contributed by atoms with Crippen LogP contribution in [-0.2, 0) is 9.53 Å². The first-order valence-electron chi connectivity index (χ1n) is 11.5. The number of hydrogen-bond donors (Lipinski definition) is 1. The molecule has 0 aromatic carbocycles. The molecular weight excluding hydrogens is 412 g/mol. The summed E-state index contributed by atoms with van der Waals surface area (Å²) in [6.07, 6.45) is 18.4. The van der Waals surface area contributed by atoms with Gasteiger partial charge in [-0.1, -0.05) is 55.4 Å². The Bertz CT molecular complexity index is 980. The van der Waals surface area contributed by atoms with Crippen molar-refractivity contribution in [1.82, 2.24) is 10.3 Å². The van der Waals surface area contributed by atoms with Gasteiger partial charge in [-0.25, -0.2) is 4.79 Å². The Morgan fingerprint density at radius 3 is 2.70 bits per heavy atom. The van der Waals surface area contributed by atoms with Crippen LogP contribution in [-0.4, -0.2) is 30.0 Å². The number of nitrogens with zero attached hydrogens (tertiary/aromatic N) is 1. The summed E-state index contributed by atoms with van der Waals surface area (Å²) < 4.78 is 5.15. The predicted molar refractivity (Wildman–Crippen MR) is 134 cm³/mol. The largest absolute Gasteiger partial charge is 0.461 e. The molecule has 0 spiro atoms. The Morgan fingerprint density at radius 1 is 1.21 bits per heavy atom. The van der Waals surface area contributed by atoms with Gasteiger partial charge in [-0.15, -0.1) is 0 Å². The van der Waals surface area contributed by atoms with Gasteiger partial charge in [0.15, 0.2) is 0 Å². The molecule has 2 rings (SSSR count). The van der Waals surface area contributed by atoms with Gasteiger partial charge in [0, 0.05) is 18.5 Å². The molecule has 176 valence electrons. The molecule has 0 saturated carbocycles. The Labute approximate surface area is 198 Å². The zero-order chi connectivity index (χ0) is 24.3. The van der Waals surface area contributed by atoms with Crippen molar-refractivity contribution >= 4 is 11.9 Å². The van der Waals surface area contributed by atoms with E-state index in [0.717, 1.165) is 11.1 Å². The maximum atomic E-state index is 11.9. The number of allylic oxidation sites excluding steroid dienone is 9. The lowest BCUT2D eigenvalue weighted by molar-refractivity contribution is -0.137. The van der Waals surface area contributed by atoms with Gasteiger partial charge in [0.25, 0.3) is 5.91 Å². The fourth-order valence-electron chi connectivity index (χ4n) is 3.82. The quantitative estimate of drug-likeness (QED) is 0.221. The van der Waals surface area contributed by atoms with Crippen LogP contribution in [0.2, 0.25) is 0 Å². The lowest BCUT2D eigenvalue weighted by Crippen LogP contribution is -2.27. The van der Waals surface area contributed by atoms with E-state index in [1.54, 1.807) is 18.3 Å². The number of hydrogen-bond acceptors (Lipinski definition) is 4. The molecule has 1 heterocycles. The number of ether oxygens (including phenoxy) is 1. The molecule has 0 atom stereocenters. The van der Waals surface area contributed by atoms with E-state index in [4.69, 9.17) is 4.74 Å². The van der Waals surface area contributed by atoms with Gasteiger partial charge in [0.1, 0.15) is 6.61 Å². The Kier molecular flexibility index (Phi) is 10.0. The number of aromatic nitrogens is 1. The second kappa shape index (κ2) is 12.7. The highest BCUT2D eigenvalue weighted by Crippen LogP contribution is 2.40. The number of carbonyl (C=O) groups is 2. The van der Waals surface area contributed by atoms with Crippen molar-refractivity contribution in [3.05, 3.63) is 88.8 Å². The number of pyridine rings is 1. The number of amides is 1. The van der Waals surface area contributed by atoms with Crippen LogP contribution in [0.1, 0.15) is 64.2 Å². The van der Waals surface area contributed by atoms with Crippen molar-refractivity contribution < 1.29 is 14.3 Å². The van der Waals surface area contributed by atoms with E-state index in [0.29, 0.717) is 5.56 Å². The van der Waals surface area contributed by atoms with Crippen LogP contribution >= 0.6 is 0 Å². The zero-order valence-electron chi connectivity index (χ0n) is 20.5. The minimum absolute atomic E-state index is 0.105. The van der Waals surface area contributed by atoms with Gasteiger partial charge in [0.05, 0.1) is 12.1 Å². The van der Waals surface area contributed by atoms with E-state index in [1.807, 2.05) is 25.2 Å². The van der Waals surface area contributed by atoms with E-state index in [2.05, 4.69) is 50.1 Å². The fourth-order valence-corrected chi connectivity index (χ4v) is 3.82. The first kappa shape index (κ1) is 26.0. The summed E-state index contributed by atoms with van der Waals surface area (Å²) in [5.41, 5.74) is 5.57. The molecule has 0 bridgehead atoms. The topological polar surface area (TPSA) is 68.3 Å². The first-order valence-corrected chi connectivity index (χ1v) is 11.5. The second-order valence-corrected chi connectivity index (χ2v) is 9.09. The highest BCUT2D eigenvalue weighted by molar-refractivity contribution is 5.93. The number of nitrogens with one attached hydrogen (secondary N) is 1. The van der Waals surface area contributed by atoms with Crippen LogP contribution in [0.25, 0.3) is 0 Å². The van der Waals surface area contributed by atoms with Gasteiger partial charge in [-0.3, -0.25) is 9.78 Å². The van der Waals surface area contributed by atoms with E-state index >= 15 is 0 Å². The molecule has 33 heavy (non-hydrogen) atoms. The number of rotatable bonds is 9. The minimum Gasteiger partial charge on any atom is -0.461 e. The lowest BCUT2D eigenvalue weighted by atomic mass is 9.72. The Hall–Kier alpha value is -3.21. The molecule has 1 N–H and O–H groups in total. The molecule has 0 unspecified atom stereocenters. The molecule has 0 aliphatic heterocycles. The van der Waals surface area contributed by atoms with Crippen LogP contribution in [0.15, 0.2) is 83.3 Å². The highest BCUT2D eigenvalue weighted by Gasteiger charge is 2.26. The molecule has 1 amide bonds. The average Bonchev–Trinajstić information content (AvgIpc) is 2.76. The standard InChI is InChI=1S/C28H36N2O3/c1-21(13-14-25-23(3)11-7-15-28(25,4)5)9-6-10-22(2)19-26(31)33-18-17-30-27(32)24-12-8-16-29-20-24/h6,8-10,12-14,16,19-20H,7,11,15,17-18H2,1-5H3,(H,30,32)/b10-6+,14-13+,21-9+,22-19+. The molecule has 0 saturated heterocycles. The van der Waals surface area contributed by atoms with Crippen LogP contribution in [0.5, 0.6) is 0 Å². The van der Waals surface area contributed by atoms with Crippen LogP contribution in [0.4, 0.5) is 0 Å². The van der Waals surface area contributed by atoms with Crippen molar-refractivity contribution in [2.75, 3.05) is 13.2 Å². The Morgan fingerprint density at radius 2 is 2.00 bits per heavy atom. The van der Waals surface area contributed by atoms with Crippen molar-refractivity contribution in [3.8, 4) is 0 Å². The monoisotopic (exact) mass is 448 g/mol. The summed E-state index contributed by atoms with van der Waals surface area (Å²) in [5.74, 6) is -0.682. The van der Waals surface area contributed by atoms with E-state index < -0.39 is 5.97 Å². The summed E-state index contributed by atoms with van der Waals surface area (Å²) in [7, 11) is 0. The van der Waals surface area contributed by atoms with Crippen molar-refractivity contribution in [1.29, 1.82) is 0 Å². The van der Waals surface area contributed by atoms with Gasteiger partial charge in [-0.2, -0.15) is 0 Å². The van der Waals surface area contributed by atoms with Crippen LogP contribution in [0, 0.1) is 5.41 Å². The minimum atomic E-state index is -0.435. The summed E-state index contributed by atoms with van der Waals surface area (Å²) in [5, 5.41) is 2.69. The maximum absolute atomic E-state index is 11.9. The molecule has 5 heteroatoms. The molecule has 1 aliphatic rings. The van der Waals surface area contributed by atoms with E-state index in [9.17, 15) is 9.59 Å². The smallest absolute Gasteiger partial charge is 0.331 e. The Balaban J connectivity index is 1.78. The molecule has 5 nitrogen and oxygen atoms in total. The van der Waals surface area contributed by atoms with Crippen molar-refractivity contribution in [2.45, 2.75) is 53.9 Å². The van der Waals surface area contributed by atoms with Gasteiger partial charge in [-0.05, 0) is 68.7 Å². The third-order valence-electron chi connectivity index (χ3n) is 5.67. The second-order valence-electron chi connectivity index (χ2n) is 9.09. The SMILES string of the molecule is CC1=C(/C=C/C(C)=C/C=C/C(C)=C/C(=O)OCCNC(=O)c2cccnc2)C(C)(C)CCC1. The molecule has 1 aliphatic carbocycles. The van der Waals surface area contributed by atoms with Gasteiger partial charge < -0.3 is 10.1 Å². The third-order valence-corrected chi connectivity index (χ3v) is 5.67. The van der Waals surface area contributed by atoms with Crippen LogP contribution in [0.3, 0.4) is 0 Å². The zero-order valence-corrected chi connectivity index (χ0v) is 20.5. The summed E-state index contributed by atoms with van der Waals surface area (Å²) in [6, 6.07) is 3.37.